The molecule has 1 heterocycles. The number of hydrogen-bond donors (Lipinski definition) is 2. The van der Waals surface area contributed by atoms with Gasteiger partial charge in [-0.25, -0.2) is 4.79 Å². The van der Waals surface area contributed by atoms with Gasteiger partial charge in [0.2, 0.25) is 0 Å². The molecule has 0 fully saturated rings. The van der Waals surface area contributed by atoms with Gasteiger partial charge in [0.05, 0.1) is 6.04 Å². The predicted molar refractivity (Wildman–Crippen MR) is 96.7 cm³/mol. The third-order valence-corrected chi connectivity index (χ3v) is 3.80. The summed E-state index contributed by atoms with van der Waals surface area (Å²) >= 11 is 0. The van der Waals surface area contributed by atoms with Crippen LogP contribution >= 0.6 is 0 Å². The van der Waals surface area contributed by atoms with Gasteiger partial charge >= 0.3 is 6.03 Å². The van der Waals surface area contributed by atoms with Crippen molar-refractivity contribution < 1.29 is 4.79 Å². The Morgan fingerprint density at radius 2 is 1.50 bits per heavy atom. The molecule has 0 spiro atoms. The zero-order valence-corrected chi connectivity index (χ0v) is 13.4. The summed E-state index contributed by atoms with van der Waals surface area (Å²) in [7, 11) is 0. The van der Waals surface area contributed by atoms with Crippen LogP contribution < -0.4 is 10.6 Å². The second kappa shape index (κ2) is 7.42. The maximum Gasteiger partial charge on any atom is 0.319 e. The number of anilines is 1. The molecule has 120 valence electrons. The molecule has 2 N–H and O–H groups in total. The minimum Gasteiger partial charge on any atom is -0.331 e. The molecule has 24 heavy (non-hydrogen) atoms. The topological polar surface area (TPSA) is 54.0 Å². The van der Waals surface area contributed by atoms with E-state index >= 15 is 0 Å². The Labute approximate surface area is 141 Å². The zero-order valence-electron chi connectivity index (χ0n) is 13.4. The first-order valence-electron chi connectivity index (χ1n) is 7.85. The number of nitrogens with zero attached hydrogens (tertiary/aromatic N) is 1. The van der Waals surface area contributed by atoms with Crippen LogP contribution in [-0.2, 0) is 0 Å². The number of hydrogen-bond acceptors (Lipinski definition) is 2. The largest absolute Gasteiger partial charge is 0.331 e. The molecule has 4 heteroatoms. The molecule has 0 saturated heterocycles. The van der Waals surface area contributed by atoms with Crippen molar-refractivity contribution in [2.75, 3.05) is 5.32 Å². The van der Waals surface area contributed by atoms with Crippen LogP contribution in [-0.4, -0.2) is 11.0 Å². The van der Waals surface area contributed by atoms with Crippen LogP contribution in [0.1, 0.15) is 18.5 Å². The average molecular weight is 317 g/mol. The van der Waals surface area contributed by atoms with Crippen LogP contribution in [0.4, 0.5) is 10.5 Å². The van der Waals surface area contributed by atoms with E-state index in [1.54, 1.807) is 12.4 Å². The van der Waals surface area contributed by atoms with E-state index in [-0.39, 0.29) is 12.1 Å². The molecule has 0 unspecified atom stereocenters. The number of aromatic nitrogens is 1. The molecule has 4 nitrogen and oxygen atoms in total. The van der Waals surface area contributed by atoms with Gasteiger partial charge in [0.15, 0.2) is 0 Å². The van der Waals surface area contributed by atoms with Gasteiger partial charge < -0.3 is 10.6 Å². The van der Waals surface area contributed by atoms with Crippen molar-refractivity contribution in [3.05, 3.63) is 84.7 Å². The predicted octanol–water partition coefficient (Wildman–Crippen LogP) is 4.63. The molecule has 3 rings (SSSR count). The average Bonchev–Trinajstić information content (AvgIpc) is 2.64. The maximum atomic E-state index is 12.1. The number of rotatable bonds is 4. The number of benzene rings is 2. The number of urea groups is 1. The molecule has 0 aliphatic carbocycles. The highest BCUT2D eigenvalue weighted by Gasteiger charge is 2.09. The Bertz CT molecular complexity index is 786. The monoisotopic (exact) mass is 317 g/mol. The second-order valence-corrected chi connectivity index (χ2v) is 5.54. The number of carbonyl (C=O) groups is 1. The fourth-order valence-corrected chi connectivity index (χ4v) is 2.48. The van der Waals surface area contributed by atoms with Crippen molar-refractivity contribution in [2.24, 2.45) is 0 Å². The van der Waals surface area contributed by atoms with E-state index in [4.69, 9.17) is 0 Å². The number of pyridine rings is 1. The number of amides is 2. The Hall–Kier alpha value is -3.14. The minimum atomic E-state index is -0.219. The number of carbonyl (C=O) groups excluding carboxylic acids is 1. The zero-order chi connectivity index (χ0) is 16.8. The van der Waals surface area contributed by atoms with Crippen molar-refractivity contribution >= 4 is 11.7 Å². The molecule has 0 aliphatic rings. The number of nitrogens with one attached hydrogen (secondary N) is 2. The molecular formula is C20H19N3O. The van der Waals surface area contributed by atoms with Crippen molar-refractivity contribution in [1.29, 1.82) is 0 Å². The molecular weight excluding hydrogens is 298 g/mol. The third kappa shape index (κ3) is 3.98. The molecule has 2 aromatic carbocycles. The van der Waals surface area contributed by atoms with Gasteiger partial charge in [-0.2, -0.15) is 0 Å². The summed E-state index contributed by atoms with van der Waals surface area (Å²) in [6.45, 7) is 1.96. The normalized spacial score (nSPS) is 11.5. The molecule has 0 saturated carbocycles. The van der Waals surface area contributed by atoms with Crippen LogP contribution in [0.2, 0.25) is 0 Å². The standard InChI is InChI=1S/C20H19N3O/c1-15(16-5-3-2-4-6-16)22-20(24)23-19-9-7-17(8-10-19)18-11-13-21-14-12-18/h2-15H,1H3,(H2,22,23,24)/t15-/m1/s1. The van der Waals surface area contributed by atoms with Crippen molar-refractivity contribution in [3.63, 3.8) is 0 Å². The summed E-state index contributed by atoms with van der Waals surface area (Å²) in [5.74, 6) is 0. The summed E-state index contributed by atoms with van der Waals surface area (Å²) in [5, 5.41) is 5.79. The Morgan fingerprint density at radius 3 is 2.17 bits per heavy atom. The van der Waals surface area contributed by atoms with Crippen LogP contribution in [0.5, 0.6) is 0 Å². The van der Waals surface area contributed by atoms with E-state index in [0.29, 0.717) is 0 Å². The quantitative estimate of drug-likeness (QED) is 0.737. The fraction of sp³-hybridized carbons (Fsp3) is 0.100. The maximum absolute atomic E-state index is 12.1. The van der Waals surface area contributed by atoms with Crippen LogP contribution in [0.15, 0.2) is 79.1 Å². The van der Waals surface area contributed by atoms with Gasteiger partial charge in [-0.05, 0) is 47.9 Å². The summed E-state index contributed by atoms with van der Waals surface area (Å²) in [6.07, 6.45) is 3.53. The molecule has 0 radical (unpaired) electrons. The lowest BCUT2D eigenvalue weighted by Gasteiger charge is -2.15. The van der Waals surface area contributed by atoms with Crippen LogP contribution in [0.3, 0.4) is 0 Å². The molecule has 3 aromatic rings. The first-order chi connectivity index (χ1) is 11.7. The SMILES string of the molecule is C[C@@H](NC(=O)Nc1ccc(-c2ccncc2)cc1)c1ccccc1. The molecule has 0 aliphatic heterocycles. The smallest absolute Gasteiger partial charge is 0.319 e. The van der Waals surface area contributed by atoms with E-state index < -0.39 is 0 Å². The Balaban J connectivity index is 1.61. The first-order valence-corrected chi connectivity index (χ1v) is 7.85. The highest BCUT2D eigenvalue weighted by Crippen LogP contribution is 2.20. The highest BCUT2D eigenvalue weighted by molar-refractivity contribution is 5.89. The summed E-state index contributed by atoms with van der Waals surface area (Å²) in [6, 6.07) is 21.2. The molecule has 0 bridgehead atoms. The molecule has 2 amide bonds. The van der Waals surface area contributed by atoms with E-state index in [9.17, 15) is 4.79 Å². The van der Waals surface area contributed by atoms with Crippen LogP contribution in [0.25, 0.3) is 11.1 Å². The lowest BCUT2D eigenvalue weighted by Crippen LogP contribution is -2.31. The Morgan fingerprint density at radius 1 is 0.875 bits per heavy atom. The highest BCUT2D eigenvalue weighted by atomic mass is 16.2. The van der Waals surface area contributed by atoms with Gasteiger partial charge in [0, 0.05) is 18.1 Å². The lowest BCUT2D eigenvalue weighted by atomic mass is 10.1. The van der Waals surface area contributed by atoms with Gasteiger partial charge in [-0.15, -0.1) is 0 Å². The first kappa shape index (κ1) is 15.7. The third-order valence-electron chi connectivity index (χ3n) is 3.80. The van der Waals surface area contributed by atoms with E-state index in [0.717, 1.165) is 22.4 Å². The van der Waals surface area contributed by atoms with Gasteiger partial charge in [0.1, 0.15) is 0 Å². The Kier molecular flexibility index (Phi) is 4.87. The van der Waals surface area contributed by atoms with E-state index in [2.05, 4.69) is 15.6 Å². The van der Waals surface area contributed by atoms with Crippen LogP contribution in [0, 0.1) is 0 Å². The van der Waals surface area contributed by atoms with Crippen molar-refractivity contribution in [2.45, 2.75) is 13.0 Å². The van der Waals surface area contributed by atoms with Gasteiger partial charge in [-0.1, -0.05) is 42.5 Å². The summed E-state index contributed by atoms with van der Waals surface area (Å²) in [5.41, 5.74) is 4.01. The minimum absolute atomic E-state index is 0.0534. The summed E-state index contributed by atoms with van der Waals surface area (Å²) < 4.78 is 0. The fourth-order valence-electron chi connectivity index (χ4n) is 2.48. The molecule has 1 aromatic heterocycles. The van der Waals surface area contributed by atoms with Gasteiger partial charge in [-0.3, -0.25) is 4.98 Å². The van der Waals surface area contributed by atoms with Crippen molar-refractivity contribution in [3.8, 4) is 11.1 Å². The van der Waals surface area contributed by atoms with E-state index in [1.807, 2.05) is 73.7 Å². The lowest BCUT2D eigenvalue weighted by molar-refractivity contribution is 0.249. The molecule has 1 atom stereocenters. The van der Waals surface area contributed by atoms with Crippen molar-refractivity contribution in [1.82, 2.24) is 10.3 Å². The second-order valence-electron chi connectivity index (χ2n) is 5.54. The summed E-state index contributed by atoms with van der Waals surface area (Å²) in [4.78, 5) is 16.1. The van der Waals surface area contributed by atoms with E-state index in [1.165, 1.54) is 0 Å². The van der Waals surface area contributed by atoms with Gasteiger partial charge in [0.25, 0.3) is 0 Å².